The number of amides is 1. The molecule has 7 nitrogen and oxygen atoms in total. The number of hydrogen-bond acceptors (Lipinski definition) is 6. The summed E-state index contributed by atoms with van der Waals surface area (Å²) in [6.07, 6.45) is 3.69. The third-order valence-corrected chi connectivity index (χ3v) is 3.51. The van der Waals surface area contributed by atoms with E-state index in [2.05, 4.69) is 25.4 Å². The van der Waals surface area contributed by atoms with Crippen molar-refractivity contribution in [1.29, 1.82) is 0 Å². The highest BCUT2D eigenvalue weighted by Crippen LogP contribution is 2.11. The average Bonchev–Trinajstić information content (AvgIpc) is 3.11. The van der Waals surface area contributed by atoms with Crippen molar-refractivity contribution < 1.29 is 13.7 Å². The van der Waals surface area contributed by atoms with Crippen LogP contribution in [-0.4, -0.2) is 26.0 Å². The monoisotopic (exact) mass is 341 g/mol. The zero-order chi connectivity index (χ0) is 17.6. The minimum absolute atomic E-state index is 0.155. The van der Waals surface area contributed by atoms with E-state index in [4.69, 9.17) is 4.52 Å². The molecule has 3 aromatic rings. The normalized spacial score (nSPS) is 10.6. The molecule has 2 heterocycles. The molecule has 8 heteroatoms. The number of rotatable bonds is 6. The first-order valence-electron chi connectivity index (χ1n) is 7.73. The Labute approximate surface area is 143 Å². The van der Waals surface area contributed by atoms with Crippen molar-refractivity contribution in [3.8, 4) is 11.6 Å². The van der Waals surface area contributed by atoms with Gasteiger partial charge in [0.05, 0.1) is 0 Å². The van der Waals surface area contributed by atoms with E-state index in [0.717, 1.165) is 5.56 Å². The van der Waals surface area contributed by atoms with Crippen LogP contribution in [-0.2, 0) is 17.8 Å². The number of aromatic nitrogens is 4. The molecular formula is C17H16FN5O2. The second-order valence-electron chi connectivity index (χ2n) is 5.44. The summed E-state index contributed by atoms with van der Waals surface area (Å²) in [5, 5.41) is 6.58. The number of aryl methyl sites for hydroxylation is 2. The minimum Gasteiger partial charge on any atom is -0.352 e. The van der Waals surface area contributed by atoms with Crippen LogP contribution in [0, 0.1) is 12.7 Å². The molecular weight excluding hydrogens is 325 g/mol. The summed E-state index contributed by atoms with van der Waals surface area (Å²) in [4.78, 5) is 24.1. The first kappa shape index (κ1) is 16.7. The molecule has 3 rings (SSSR count). The van der Waals surface area contributed by atoms with Gasteiger partial charge in [0.15, 0.2) is 0 Å². The Kier molecular flexibility index (Phi) is 5.08. The number of hydrogen-bond donors (Lipinski definition) is 1. The Hall–Kier alpha value is -3.16. The van der Waals surface area contributed by atoms with E-state index in [-0.39, 0.29) is 24.0 Å². The van der Waals surface area contributed by atoms with E-state index in [1.165, 1.54) is 6.07 Å². The van der Waals surface area contributed by atoms with Gasteiger partial charge < -0.3 is 9.84 Å². The molecule has 0 spiro atoms. The molecule has 1 aromatic carbocycles. The maximum atomic E-state index is 13.2. The first-order chi connectivity index (χ1) is 12.1. The molecule has 1 amide bonds. The van der Waals surface area contributed by atoms with Gasteiger partial charge >= 0.3 is 0 Å². The van der Waals surface area contributed by atoms with Gasteiger partial charge in [-0.2, -0.15) is 4.98 Å². The van der Waals surface area contributed by atoms with Gasteiger partial charge in [-0.1, -0.05) is 17.3 Å². The predicted octanol–water partition coefficient (Wildman–Crippen LogP) is 2.22. The maximum Gasteiger partial charge on any atom is 0.240 e. The molecule has 0 atom stereocenters. The molecule has 1 N–H and O–H groups in total. The predicted molar refractivity (Wildman–Crippen MR) is 86.6 cm³/mol. The van der Waals surface area contributed by atoms with Crippen LogP contribution in [0.2, 0.25) is 0 Å². The third-order valence-electron chi connectivity index (χ3n) is 3.51. The minimum atomic E-state index is -0.260. The van der Waals surface area contributed by atoms with E-state index in [0.29, 0.717) is 30.2 Å². The summed E-state index contributed by atoms with van der Waals surface area (Å²) in [5.74, 6) is 0.587. The molecule has 0 aliphatic rings. The summed E-state index contributed by atoms with van der Waals surface area (Å²) in [7, 11) is 0. The van der Waals surface area contributed by atoms with Gasteiger partial charge in [0.25, 0.3) is 0 Å². The summed E-state index contributed by atoms with van der Waals surface area (Å²) >= 11 is 0. The lowest BCUT2D eigenvalue weighted by molar-refractivity contribution is -0.121. The molecule has 128 valence electrons. The van der Waals surface area contributed by atoms with Crippen molar-refractivity contribution in [2.75, 3.05) is 0 Å². The third kappa shape index (κ3) is 4.43. The van der Waals surface area contributed by atoms with Crippen molar-refractivity contribution >= 4 is 5.91 Å². The summed E-state index contributed by atoms with van der Waals surface area (Å²) in [6.45, 7) is 2.02. The molecule has 0 bridgehead atoms. The largest absolute Gasteiger partial charge is 0.352 e. The highest BCUT2D eigenvalue weighted by molar-refractivity contribution is 5.76. The molecule has 2 aromatic heterocycles. The van der Waals surface area contributed by atoms with Crippen LogP contribution in [0.1, 0.15) is 23.4 Å². The van der Waals surface area contributed by atoms with Gasteiger partial charge in [-0.25, -0.2) is 14.4 Å². The molecule has 0 aliphatic heterocycles. The molecule has 0 aliphatic carbocycles. The van der Waals surface area contributed by atoms with Gasteiger partial charge in [0.2, 0.25) is 23.4 Å². The summed E-state index contributed by atoms with van der Waals surface area (Å²) < 4.78 is 18.3. The quantitative estimate of drug-likeness (QED) is 0.739. The van der Waals surface area contributed by atoms with E-state index in [9.17, 15) is 9.18 Å². The van der Waals surface area contributed by atoms with Crippen molar-refractivity contribution in [2.45, 2.75) is 26.3 Å². The summed E-state index contributed by atoms with van der Waals surface area (Å²) in [5.41, 5.74) is 1.39. The van der Waals surface area contributed by atoms with Crippen molar-refractivity contribution in [3.63, 3.8) is 0 Å². The Balaban J connectivity index is 1.49. The van der Waals surface area contributed by atoms with Gasteiger partial charge in [0.1, 0.15) is 5.82 Å². The van der Waals surface area contributed by atoms with Crippen LogP contribution < -0.4 is 5.32 Å². The summed E-state index contributed by atoms with van der Waals surface area (Å²) in [6, 6.07) is 6.44. The number of carbonyl (C=O) groups is 1. The van der Waals surface area contributed by atoms with Gasteiger partial charge in [-0.15, -0.1) is 0 Å². The Morgan fingerprint density at radius 3 is 2.80 bits per heavy atom. The standard InChI is InChI=1S/C17H16FN5O2/c1-11-9-12(3-4-13(11)18)10-21-14(24)5-6-15-22-17(23-25-15)16-19-7-2-8-20-16/h2-4,7-9H,5-6,10H2,1H3,(H,21,24). The van der Waals surface area contributed by atoms with Gasteiger partial charge in [-0.05, 0) is 30.2 Å². The fourth-order valence-electron chi connectivity index (χ4n) is 2.19. The van der Waals surface area contributed by atoms with Crippen LogP contribution in [0.4, 0.5) is 4.39 Å². The van der Waals surface area contributed by atoms with Crippen LogP contribution >= 0.6 is 0 Å². The van der Waals surface area contributed by atoms with Gasteiger partial charge in [-0.3, -0.25) is 4.79 Å². The van der Waals surface area contributed by atoms with Crippen LogP contribution in [0.15, 0.2) is 41.2 Å². The number of benzene rings is 1. The zero-order valence-corrected chi connectivity index (χ0v) is 13.6. The van der Waals surface area contributed by atoms with Crippen LogP contribution in [0.25, 0.3) is 11.6 Å². The number of nitrogens with one attached hydrogen (secondary N) is 1. The Morgan fingerprint density at radius 2 is 2.04 bits per heavy atom. The highest BCUT2D eigenvalue weighted by Gasteiger charge is 2.12. The molecule has 25 heavy (non-hydrogen) atoms. The average molecular weight is 341 g/mol. The molecule has 0 fully saturated rings. The first-order valence-corrected chi connectivity index (χ1v) is 7.73. The maximum absolute atomic E-state index is 13.2. The fraction of sp³-hybridized carbons (Fsp3) is 0.235. The van der Waals surface area contributed by atoms with E-state index in [1.807, 2.05) is 0 Å². The topological polar surface area (TPSA) is 93.8 Å². The lowest BCUT2D eigenvalue weighted by Crippen LogP contribution is -2.23. The van der Waals surface area contributed by atoms with Crippen LogP contribution in [0.3, 0.4) is 0 Å². The Morgan fingerprint density at radius 1 is 1.24 bits per heavy atom. The molecule has 0 saturated carbocycles. The van der Waals surface area contributed by atoms with Gasteiger partial charge in [0, 0.05) is 31.8 Å². The van der Waals surface area contributed by atoms with Crippen LogP contribution in [0.5, 0.6) is 0 Å². The molecule has 0 unspecified atom stereocenters. The smallest absolute Gasteiger partial charge is 0.240 e. The fourth-order valence-corrected chi connectivity index (χ4v) is 2.19. The number of nitrogens with zero attached hydrogens (tertiary/aromatic N) is 4. The second-order valence-corrected chi connectivity index (χ2v) is 5.44. The lowest BCUT2D eigenvalue weighted by atomic mass is 10.1. The van der Waals surface area contributed by atoms with E-state index < -0.39 is 0 Å². The SMILES string of the molecule is Cc1cc(CNC(=O)CCc2nc(-c3ncccn3)no2)ccc1F. The molecule has 0 saturated heterocycles. The van der Waals surface area contributed by atoms with E-state index >= 15 is 0 Å². The van der Waals surface area contributed by atoms with Crippen molar-refractivity contribution in [3.05, 3.63) is 59.5 Å². The number of carbonyl (C=O) groups excluding carboxylic acids is 1. The highest BCUT2D eigenvalue weighted by atomic mass is 19.1. The number of halogens is 1. The van der Waals surface area contributed by atoms with Crippen molar-refractivity contribution in [2.24, 2.45) is 0 Å². The Bertz CT molecular complexity index is 866. The lowest BCUT2D eigenvalue weighted by Gasteiger charge is -2.06. The second kappa shape index (κ2) is 7.61. The zero-order valence-electron chi connectivity index (χ0n) is 13.6. The van der Waals surface area contributed by atoms with Crippen molar-refractivity contribution in [1.82, 2.24) is 25.4 Å². The molecule has 0 radical (unpaired) electrons. The van der Waals surface area contributed by atoms with E-state index in [1.54, 1.807) is 37.5 Å².